The molecular formula is C11H10BFN2O. The first-order valence-electron chi connectivity index (χ1n) is 4.98. The van der Waals surface area contributed by atoms with Crippen molar-refractivity contribution in [1.29, 1.82) is 0 Å². The Labute approximate surface area is 94.5 Å². The average molecular weight is 216 g/mol. The van der Waals surface area contributed by atoms with Gasteiger partial charge in [0.25, 0.3) is 0 Å². The highest BCUT2D eigenvalue weighted by Crippen LogP contribution is 2.20. The minimum absolute atomic E-state index is 0.115. The lowest BCUT2D eigenvalue weighted by Gasteiger charge is -2.11. The van der Waals surface area contributed by atoms with Crippen LogP contribution in [0.4, 0.5) is 4.39 Å². The minimum Gasteiger partial charge on any atom is -0.490 e. The molecule has 0 bridgehead atoms. The first-order chi connectivity index (χ1) is 7.74. The van der Waals surface area contributed by atoms with E-state index in [1.165, 1.54) is 18.5 Å². The third kappa shape index (κ3) is 2.92. The molecule has 0 atom stereocenters. The highest BCUT2D eigenvalue weighted by Gasteiger charge is 2.07. The Morgan fingerprint density at radius 3 is 2.62 bits per heavy atom. The Hall–Kier alpha value is -1.65. The summed E-state index contributed by atoms with van der Waals surface area (Å²) in [6.45, 7) is 0.279. The summed E-state index contributed by atoms with van der Waals surface area (Å²) in [6, 6.07) is 0. The quantitative estimate of drug-likeness (QED) is 0.714. The molecule has 1 aliphatic carbocycles. The molecule has 0 saturated carbocycles. The monoisotopic (exact) mass is 216 g/mol. The minimum atomic E-state index is -0.115. The van der Waals surface area contributed by atoms with Crippen molar-refractivity contribution in [2.24, 2.45) is 0 Å². The molecule has 0 aromatic carbocycles. The summed E-state index contributed by atoms with van der Waals surface area (Å²) in [5, 5.41) is 0. The zero-order valence-corrected chi connectivity index (χ0v) is 8.69. The van der Waals surface area contributed by atoms with Crippen LogP contribution in [0.1, 0.15) is 18.7 Å². The first-order valence-corrected chi connectivity index (χ1v) is 4.98. The van der Waals surface area contributed by atoms with Gasteiger partial charge in [0.15, 0.2) is 5.82 Å². The summed E-state index contributed by atoms with van der Waals surface area (Å²) in [7, 11) is 5.45. The van der Waals surface area contributed by atoms with Crippen LogP contribution in [0.5, 0.6) is 0 Å². The van der Waals surface area contributed by atoms with E-state index in [0.29, 0.717) is 24.1 Å². The fourth-order valence-corrected chi connectivity index (χ4v) is 1.31. The predicted molar refractivity (Wildman–Crippen MR) is 58.7 cm³/mol. The second-order valence-electron chi connectivity index (χ2n) is 3.47. The highest BCUT2D eigenvalue weighted by molar-refractivity contribution is 6.31. The van der Waals surface area contributed by atoms with E-state index in [9.17, 15) is 4.39 Å². The van der Waals surface area contributed by atoms with Gasteiger partial charge in [-0.15, -0.1) is 0 Å². The third-order valence-electron chi connectivity index (χ3n) is 2.17. The zero-order chi connectivity index (χ0) is 11.4. The van der Waals surface area contributed by atoms with Gasteiger partial charge in [-0.25, -0.2) is 14.4 Å². The molecule has 5 heteroatoms. The molecular weight excluding hydrogens is 206 g/mol. The van der Waals surface area contributed by atoms with E-state index in [0.717, 1.165) is 5.76 Å². The molecule has 1 aromatic rings. The number of halogens is 1. The average Bonchev–Trinajstić information content (AvgIpc) is 2.30. The number of rotatable bonds is 3. The summed E-state index contributed by atoms with van der Waals surface area (Å²) in [4.78, 5) is 8.00. The van der Waals surface area contributed by atoms with Crippen molar-refractivity contribution in [2.45, 2.75) is 19.4 Å². The Balaban J connectivity index is 1.90. The van der Waals surface area contributed by atoms with Crippen LogP contribution in [0.2, 0.25) is 0 Å². The maximum absolute atomic E-state index is 12.7. The lowest BCUT2D eigenvalue weighted by molar-refractivity contribution is 0.180. The molecule has 0 amide bonds. The van der Waals surface area contributed by atoms with Crippen LogP contribution in [-0.4, -0.2) is 17.8 Å². The topological polar surface area (TPSA) is 35.0 Å². The number of hydrogen-bond acceptors (Lipinski definition) is 3. The van der Waals surface area contributed by atoms with E-state index >= 15 is 0 Å². The van der Waals surface area contributed by atoms with Gasteiger partial charge in [-0.05, 0) is 12.2 Å². The van der Waals surface area contributed by atoms with Gasteiger partial charge in [0.05, 0.1) is 5.76 Å². The van der Waals surface area contributed by atoms with Crippen LogP contribution in [0, 0.1) is 0 Å². The number of hydrogen-bond donors (Lipinski definition) is 0. The van der Waals surface area contributed by atoms with Crippen LogP contribution >= 0.6 is 0 Å². The summed E-state index contributed by atoms with van der Waals surface area (Å²) >= 11 is 0. The largest absolute Gasteiger partial charge is 0.490 e. The molecule has 2 radical (unpaired) electrons. The van der Waals surface area contributed by atoms with Gasteiger partial charge in [0, 0.05) is 25.2 Å². The Morgan fingerprint density at radius 1 is 1.25 bits per heavy atom. The molecule has 80 valence electrons. The normalized spacial score (nSPS) is 15.3. The van der Waals surface area contributed by atoms with E-state index in [4.69, 9.17) is 12.6 Å². The molecule has 0 N–H and O–H groups in total. The number of aromatic nitrogens is 2. The third-order valence-corrected chi connectivity index (χ3v) is 2.17. The maximum Gasteiger partial charge on any atom is 0.165 e. The van der Waals surface area contributed by atoms with Crippen molar-refractivity contribution in [1.82, 2.24) is 9.97 Å². The maximum atomic E-state index is 12.7. The second-order valence-corrected chi connectivity index (χ2v) is 3.47. The molecule has 1 heterocycles. The molecule has 16 heavy (non-hydrogen) atoms. The molecule has 0 aliphatic heterocycles. The van der Waals surface area contributed by atoms with Gasteiger partial charge >= 0.3 is 0 Å². The van der Waals surface area contributed by atoms with E-state index in [2.05, 4.69) is 9.97 Å². The van der Waals surface area contributed by atoms with Gasteiger partial charge in [-0.1, -0.05) is 5.46 Å². The molecule has 2 rings (SSSR count). The van der Waals surface area contributed by atoms with Crippen LogP contribution in [0.15, 0.2) is 36.1 Å². The van der Waals surface area contributed by atoms with Crippen molar-refractivity contribution in [3.8, 4) is 0 Å². The summed E-state index contributed by atoms with van der Waals surface area (Å²) in [5.41, 5.74) is 0.519. The molecule has 0 fully saturated rings. The van der Waals surface area contributed by atoms with Crippen molar-refractivity contribution in [3.63, 3.8) is 0 Å². The van der Waals surface area contributed by atoms with Crippen LogP contribution in [0.3, 0.4) is 0 Å². The van der Waals surface area contributed by atoms with E-state index in [1.807, 2.05) is 0 Å². The van der Waals surface area contributed by atoms with Gasteiger partial charge in [-0.2, -0.15) is 0 Å². The first kappa shape index (κ1) is 10.9. The number of nitrogens with zero attached hydrogens (tertiary/aromatic N) is 2. The van der Waals surface area contributed by atoms with Crippen LogP contribution in [-0.2, 0) is 11.3 Å². The summed E-state index contributed by atoms with van der Waals surface area (Å²) in [5.74, 6) is 1.20. The van der Waals surface area contributed by atoms with Crippen LogP contribution in [0.25, 0.3) is 0 Å². The number of ether oxygens (including phenoxy) is 1. The van der Waals surface area contributed by atoms with Crippen molar-refractivity contribution >= 4 is 13.3 Å². The summed E-state index contributed by atoms with van der Waals surface area (Å²) in [6.07, 6.45) is 7.09. The Bertz CT molecular complexity index is 428. The van der Waals surface area contributed by atoms with Crippen molar-refractivity contribution in [2.75, 3.05) is 0 Å². The predicted octanol–water partition coefficient (Wildman–Crippen LogP) is 1.32. The van der Waals surface area contributed by atoms with E-state index in [-0.39, 0.29) is 12.4 Å². The lowest BCUT2D eigenvalue weighted by atomic mass is 10.0. The Kier molecular flexibility index (Phi) is 3.34. The highest BCUT2D eigenvalue weighted by atomic mass is 19.1. The van der Waals surface area contributed by atoms with Crippen molar-refractivity contribution < 1.29 is 9.13 Å². The molecule has 3 nitrogen and oxygen atoms in total. The van der Waals surface area contributed by atoms with E-state index in [1.54, 1.807) is 6.08 Å². The number of allylic oxidation sites excluding steroid dienone is 4. The molecule has 0 spiro atoms. The molecule has 1 aliphatic rings. The van der Waals surface area contributed by atoms with Gasteiger partial charge in [-0.3, -0.25) is 0 Å². The summed E-state index contributed by atoms with van der Waals surface area (Å²) < 4.78 is 18.1. The fourth-order valence-electron chi connectivity index (χ4n) is 1.31. The molecule has 1 aromatic heterocycles. The molecule has 0 saturated heterocycles. The zero-order valence-electron chi connectivity index (χ0n) is 8.69. The second kappa shape index (κ2) is 4.92. The lowest BCUT2D eigenvalue weighted by Crippen LogP contribution is -2.08. The smallest absolute Gasteiger partial charge is 0.165 e. The van der Waals surface area contributed by atoms with Gasteiger partial charge in [0.1, 0.15) is 20.3 Å². The van der Waals surface area contributed by atoms with Gasteiger partial charge in [0.2, 0.25) is 0 Å². The van der Waals surface area contributed by atoms with Crippen LogP contribution < -0.4 is 5.46 Å². The molecule has 0 unspecified atom stereocenters. The van der Waals surface area contributed by atoms with E-state index < -0.39 is 0 Å². The SMILES string of the molecule is [B]c1cnc(COC2=CC=C(F)CC2)nc1. The van der Waals surface area contributed by atoms with Gasteiger partial charge < -0.3 is 4.74 Å². The van der Waals surface area contributed by atoms with Crippen molar-refractivity contribution in [3.05, 3.63) is 42.0 Å². The Morgan fingerprint density at radius 2 is 2.00 bits per heavy atom. The fraction of sp³-hybridized carbons (Fsp3) is 0.273. The standard InChI is InChI=1S/C11H10BFN2O/c12-8-5-14-11(15-6-8)7-16-10-3-1-9(13)2-4-10/h1,3,5-6H,2,4,7H2.